The van der Waals surface area contributed by atoms with Gasteiger partial charge in [0.1, 0.15) is 6.04 Å². The fourth-order valence-electron chi connectivity index (χ4n) is 2.35. The van der Waals surface area contributed by atoms with Crippen LogP contribution in [0.2, 0.25) is 0 Å². The van der Waals surface area contributed by atoms with Crippen molar-refractivity contribution < 1.29 is 4.79 Å². The van der Waals surface area contributed by atoms with Crippen molar-refractivity contribution in [3.8, 4) is 0 Å². The number of carbonyl (C=O) groups is 1. The minimum atomic E-state index is -0.253. The van der Waals surface area contributed by atoms with Gasteiger partial charge >= 0.3 is 0 Å². The van der Waals surface area contributed by atoms with Crippen LogP contribution in [-0.4, -0.2) is 24.0 Å². The van der Waals surface area contributed by atoms with Gasteiger partial charge in [-0.25, -0.2) is 4.99 Å². The van der Waals surface area contributed by atoms with Crippen LogP contribution >= 0.6 is 0 Å². The number of benzene rings is 1. The lowest BCUT2D eigenvalue weighted by Crippen LogP contribution is -2.38. The molecule has 1 aromatic carbocycles. The average molecular weight is 257 g/mol. The first-order valence-corrected chi connectivity index (χ1v) is 6.92. The Labute approximate surface area is 113 Å². The van der Waals surface area contributed by atoms with Gasteiger partial charge in [0.2, 0.25) is 0 Å². The molecule has 100 valence electrons. The van der Waals surface area contributed by atoms with Crippen LogP contribution in [0.5, 0.6) is 0 Å². The molecular weight excluding hydrogens is 238 g/mol. The van der Waals surface area contributed by atoms with E-state index in [0.29, 0.717) is 17.9 Å². The van der Waals surface area contributed by atoms with Crippen LogP contribution in [0.25, 0.3) is 0 Å². The van der Waals surface area contributed by atoms with E-state index in [-0.39, 0.29) is 11.9 Å². The van der Waals surface area contributed by atoms with Gasteiger partial charge in [-0.2, -0.15) is 0 Å². The molecule has 0 bridgehead atoms. The Kier molecular flexibility index (Phi) is 3.23. The summed E-state index contributed by atoms with van der Waals surface area (Å²) in [5, 5.41) is 6.08. The Balaban J connectivity index is 1.62. The van der Waals surface area contributed by atoms with Gasteiger partial charge in [-0.1, -0.05) is 37.3 Å². The normalized spacial score (nSPS) is 23.7. The van der Waals surface area contributed by atoms with Gasteiger partial charge in [0.15, 0.2) is 5.96 Å². The number of amides is 1. The average Bonchev–Trinajstić information content (AvgIpc) is 3.16. The molecular formula is C15H19N3O. The van der Waals surface area contributed by atoms with Gasteiger partial charge in [-0.05, 0) is 30.7 Å². The third-order valence-electron chi connectivity index (χ3n) is 3.69. The van der Waals surface area contributed by atoms with Gasteiger partial charge in [0, 0.05) is 6.04 Å². The van der Waals surface area contributed by atoms with Gasteiger partial charge in [0.25, 0.3) is 5.91 Å². The second kappa shape index (κ2) is 5.03. The third-order valence-corrected chi connectivity index (χ3v) is 3.69. The maximum atomic E-state index is 11.9. The van der Waals surface area contributed by atoms with Gasteiger partial charge in [-0.3, -0.25) is 10.1 Å². The highest BCUT2D eigenvalue weighted by atomic mass is 16.2. The summed E-state index contributed by atoms with van der Waals surface area (Å²) in [5.41, 5.74) is 1.26. The summed E-state index contributed by atoms with van der Waals surface area (Å²) in [6.45, 7) is 2.14. The molecule has 3 rings (SSSR count). The number of guanidine groups is 1. The van der Waals surface area contributed by atoms with Gasteiger partial charge in [0.05, 0.1) is 0 Å². The Hall–Kier alpha value is -1.84. The fraction of sp³-hybridized carbons (Fsp3) is 0.467. The number of aliphatic imine (C=N–C) groups is 1. The number of nitrogens with zero attached hydrogens (tertiary/aromatic N) is 1. The number of hydrogen-bond acceptors (Lipinski definition) is 3. The number of hydrogen-bond donors (Lipinski definition) is 2. The number of carbonyl (C=O) groups excluding carboxylic acids is 1. The van der Waals surface area contributed by atoms with Crippen molar-refractivity contribution in [3.63, 3.8) is 0 Å². The molecule has 0 spiro atoms. The zero-order valence-corrected chi connectivity index (χ0v) is 11.1. The van der Waals surface area contributed by atoms with Crippen LogP contribution < -0.4 is 10.6 Å². The van der Waals surface area contributed by atoms with Gasteiger partial charge < -0.3 is 5.32 Å². The maximum Gasteiger partial charge on any atom is 0.251 e. The molecule has 1 fully saturated rings. The summed E-state index contributed by atoms with van der Waals surface area (Å²) < 4.78 is 0. The molecule has 1 heterocycles. The van der Waals surface area contributed by atoms with Crippen molar-refractivity contribution in [2.45, 2.75) is 44.2 Å². The SMILES string of the molecule is CC(CC1N=C(NC2CC2)NC1=O)c1ccccc1. The molecule has 1 aromatic rings. The Morgan fingerprint density at radius 1 is 1.37 bits per heavy atom. The topological polar surface area (TPSA) is 53.5 Å². The highest BCUT2D eigenvalue weighted by Gasteiger charge is 2.31. The summed E-state index contributed by atoms with van der Waals surface area (Å²) in [7, 11) is 0. The molecule has 4 nitrogen and oxygen atoms in total. The van der Waals surface area contributed by atoms with Crippen molar-refractivity contribution in [1.29, 1.82) is 0 Å². The van der Waals surface area contributed by atoms with E-state index in [9.17, 15) is 4.79 Å². The van der Waals surface area contributed by atoms with E-state index in [2.05, 4.69) is 34.7 Å². The molecule has 0 radical (unpaired) electrons. The molecule has 1 amide bonds. The lowest BCUT2D eigenvalue weighted by atomic mass is 9.94. The lowest BCUT2D eigenvalue weighted by Gasteiger charge is -2.13. The predicted molar refractivity (Wildman–Crippen MR) is 75.0 cm³/mol. The van der Waals surface area contributed by atoms with Crippen LogP contribution in [-0.2, 0) is 4.79 Å². The van der Waals surface area contributed by atoms with E-state index in [0.717, 1.165) is 6.42 Å². The van der Waals surface area contributed by atoms with E-state index in [1.165, 1.54) is 18.4 Å². The van der Waals surface area contributed by atoms with E-state index in [4.69, 9.17) is 0 Å². The predicted octanol–water partition coefficient (Wildman–Crippen LogP) is 1.79. The second-order valence-electron chi connectivity index (χ2n) is 5.45. The molecule has 0 aromatic heterocycles. The standard InChI is InChI=1S/C15H19N3O/c1-10(11-5-3-2-4-6-11)9-13-14(19)18-15(17-13)16-12-7-8-12/h2-6,10,12-13H,7-9H2,1H3,(H2,16,17,18,19). The van der Waals surface area contributed by atoms with Crippen molar-refractivity contribution in [1.82, 2.24) is 10.6 Å². The summed E-state index contributed by atoms with van der Waals surface area (Å²) in [5.74, 6) is 1.02. The zero-order chi connectivity index (χ0) is 13.2. The van der Waals surface area contributed by atoms with Crippen LogP contribution in [0.15, 0.2) is 35.3 Å². The number of nitrogens with one attached hydrogen (secondary N) is 2. The summed E-state index contributed by atoms with van der Waals surface area (Å²) >= 11 is 0. The van der Waals surface area contributed by atoms with Gasteiger partial charge in [-0.15, -0.1) is 0 Å². The van der Waals surface area contributed by atoms with E-state index < -0.39 is 0 Å². The van der Waals surface area contributed by atoms with Crippen LogP contribution in [0.4, 0.5) is 0 Å². The molecule has 1 saturated carbocycles. The Morgan fingerprint density at radius 2 is 2.11 bits per heavy atom. The van der Waals surface area contributed by atoms with Crippen LogP contribution in [0.3, 0.4) is 0 Å². The maximum absolute atomic E-state index is 11.9. The Bertz CT molecular complexity index is 493. The molecule has 2 atom stereocenters. The van der Waals surface area contributed by atoms with Crippen molar-refractivity contribution >= 4 is 11.9 Å². The summed E-state index contributed by atoms with van der Waals surface area (Å²) in [6.07, 6.45) is 3.12. The molecule has 0 saturated heterocycles. The Morgan fingerprint density at radius 3 is 2.79 bits per heavy atom. The second-order valence-corrected chi connectivity index (χ2v) is 5.45. The highest BCUT2D eigenvalue weighted by molar-refractivity contribution is 6.05. The first kappa shape index (κ1) is 12.2. The molecule has 19 heavy (non-hydrogen) atoms. The van der Waals surface area contributed by atoms with Crippen LogP contribution in [0.1, 0.15) is 37.7 Å². The molecule has 2 aliphatic rings. The van der Waals surface area contributed by atoms with Crippen molar-refractivity contribution in [2.24, 2.45) is 4.99 Å². The zero-order valence-electron chi connectivity index (χ0n) is 11.1. The largest absolute Gasteiger partial charge is 0.353 e. The summed E-state index contributed by atoms with van der Waals surface area (Å²) in [6, 6.07) is 10.5. The van der Waals surface area contributed by atoms with E-state index in [1.807, 2.05) is 18.2 Å². The van der Waals surface area contributed by atoms with E-state index in [1.54, 1.807) is 0 Å². The van der Waals surface area contributed by atoms with Crippen molar-refractivity contribution in [2.75, 3.05) is 0 Å². The minimum absolute atomic E-state index is 0.0194. The van der Waals surface area contributed by atoms with Crippen LogP contribution in [0, 0.1) is 0 Å². The summed E-state index contributed by atoms with van der Waals surface area (Å²) in [4.78, 5) is 16.3. The monoisotopic (exact) mass is 257 g/mol. The fourth-order valence-corrected chi connectivity index (χ4v) is 2.35. The number of rotatable bonds is 4. The molecule has 4 heteroatoms. The molecule has 1 aliphatic carbocycles. The van der Waals surface area contributed by atoms with Crippen molar-refractivity contribution in [3.05, 3.63) is 35.9 Å². The third kappa shape index (κ3) is 2.95. The smallest absolute Gasteiger partial charge is 0.251 e. The molecule has 2 unspecified atom stereocenters. The lowest BCUT2D eigenvalue weighted by molar-refractivity contribution is -0.120. The molecule has 2 N–H and O–H groups in total. The molecule has 1 aliphatic heterocycles. The highest BCUT2D eigenvalue weighted by Crippen LogP contribution is 2.24. The van der Waals surface area contributed by atoms with E-state index >= 15 is 0 Å². The minimum Gasteiger partial charge on any atom is -0.353 e. The first-order valence-electron chi connectivity index (χ1n) is 6.92. The first-order chi connectivity index (χ1) is 9.22. The quantitative estimate of drug-likeness (QED) is 0.864.